The zero-order chi connectivity index (χ0) is 12.3. The van der Waals surface area contributed by atoms with Crippen LogP contribution >= 0.6 is 11.5 Å². The second-order valence-electron chi connectivity index (χ2n) is 3.22. The van der Waals surface area contributed by atoms with Crippen LogP contribution in [0, 0.1) is 0 Å². The third-order valence-corrected chi connectivity index (χ3v) is 3.15. The van der Waals surface area contributed by atoms with Crippen molar-refractivity contribution in [3.05, 3.63) is 24.0 Å². The zero-order valence-electron chi connectivity index (χ0n) is 8.59. The summed E-state index contributed by atoms with van der Waals surface area (Å²) in [4.78, 5) is 4.02. The van der Waals surface area contributed by atoms with E-state index in [1.165, 1.54) is 16.2 Å². The summed E-state index contributed by atoms with van der Waals surface area (Å²) in [6, 6.07) is 1.74. The van der Waals surface area contributed by atoms with E-state index in [-0.39, 0.29) is 12.3 Å². The fourth-order valence-electron chi connectivity index (χ4n) is 1.16. The van der Waals surface area contributed by atoms with E-state index in [0.29, 0.717) is 5.82 Å². The molecule has 0 fully saturated rings. The summed E-state index contributed by atoms with van der Waals surface area (Å²) in [7, 11) is -3.96. The summed E-state index contributed by atoms with van der Waals surface area (Å²) >= 11 is 1.24. The topological polar surface area (TPSA) is 96.9 Å². The molecule has 0 saturated heterocycles. The zero-order valence-corrected chi connectivity index (χ0v) is 10.2. The minimum absolute atomic E-state index is 0.101. The quantitative estimate of drug-likeness (QED) is 0.611. The van der Waals surface area contributed by atoms with Crippen LogP contribution in [-0.2, 0) is 16.7 Å². The van der Waals surface area contributed by atoms with Crippen molar-refractivity contribution < 1.29 is 17.7 Å². The largest absolute Gasteiger partial charge is 0.285 e. The fraction of sp³-hybridized carbons (Fsp3) is 0.250. The Bertz CT molecular complexity index is 580. The lowest BCUT2D eigenvalue weighted by Crippen LogP contribution is -2.40. The molecule has 0 aliphatic rings. The SMILES string of the molecule is O=S(=O)(O)CC[n+]1ccc(-c2ncsn2)cn1. The Labute approximate surface area is 102 Å². The number of nitrogens with zero attached hydrogens (tertiary/aromatic N) is 4. The van der Waals surface area contributed by atoms with Crippen LogP contribution in [0.25, 0.3) is 11.4 Å². The smallest absolute Gasteiger partial charge is 0.271 e. The number of rotatable bonds is 4. The summed E-state index contributed by atoms with van der Waals surface area (Å²) in [6.07, 6.45) is 3.16. The number of hydrogen-bond acceptors (Lipinski definition) is 6. The summed E-state index contributed by atoms with van der Waals surface area (Å²) in [5.41, 5.74) is 2.38. The number of aromatic nitrogens is 4. The Hall–Kier alpha value is -1.45. The molecule has 0 aromatic carbocycles. The molecule has 0 atom stereocenters. The van der Waals surface area contributed by atoms with Crippen LogP contribution in [0.1, 0.15) is 0 Å². The Morgan fingerprint density at radius 2 is 2.29 bits per heavy atom. The average Bonchev–Trinajstić information content (AvgIpc) is 2.79. The first-order valence-corrected chi connectivity index (χ1v) is 7.07. The van der Waals surface area contributed by atoms with Crippen LogP contribution < -0.4 is 4.68 Å². The van der Waals surface area contributed by atoms with Gasteiger partial charge in [0.2, 0.25) is 0 Å². The maximum Gasteiger partial charge on any atom is 0.271 e. The minimum atomic E-state index is -3.96. The van der Waals surface area contributed by atoms with Crippen molar-refractivity contribution in [1.82, 2.24) is 14.5 Å². The Morgan fingerprint density at radius 1 is 1.47 bits per heavy atom. The van der Waals surface area contributed by atoms with Crippen molar-refractivity contribution in [2.24, 2.45) is 0 Å². The van der Waals surface area contributed by atoms with Crippen molar-refractivity contribution in [2.45, 2.75) is 6.54 Å². The average molecular weight is 273 g/mol. The van der Waals surface area contributed by atoms with Crippen LogP contribution in [0.15, 0.2) is 24.0 Å². The van der Waals surface area contributed by atoms with Gasteiger partial charge in [0.25, 0.3) is 10.1 Å². The first-order chi connectivity index (χ1) is 8.04. The van der Waals surface area contributed by atoms with E-state index in [9.17, 15) is 8.42 Å². The summed E-state index contributed by atoms with van der Waals surface area (Å²) < 4.78 is 35.2. The van der Waals surface area contributed by atoms with Gasteiger partial charge in [-0.25, -0.2) is 4.98 Å². The fourth-order valence-corrected chi connectivity index (χ4v) is 2.02. The minimum Gasteiger partial charge on any atom is -0.285 e. The first-order valence-electron chi connectivity index (χ1n) is 4.62. The molecular formula is C8H9N4O3S2+. The molecule has 0 bridgehead atoms. The highest BCUT2D eigenvalue weighted by molar-refractivity contribution is 7.85. The molecule has 90 valence electrons. The Morgan fingerprint density at radius 3 is 2.82 bits per heavy atom. The highest BCUT2D eigenvalue weighted by Crippen LogP contribution is 2.11. The van der Waals surface area contributed by atoms with E-state index in [1.54, 1.807) is 24.0 Å². The van der Waals surface area contributed by atoms with E-state index in [4.69, 9.17) is 4.55 Å². The Balaban J connectivity index is 2.09. The molecule has 2 rings (SSSR count). The second kappa shape index (κ2) is 4.82. The molecule has 1 N–H and O–H groups in total. The van der Waals surface area contributed by atoms with Crippen molar-refractivity contribution in [3.63, 3.8) is 0 Å². The van der Waals surface area contributed by atoms with Crippen LogP contribution in [0.2, 0.25) is 0 Å². The normalized spacial score (nSPS) is 11.6. The van der Waals surface area contributed by atoms with Crippen LogP contribution in [0.3, 0.4) is 0 Å². The van der Waals surface area contributed by atoms with Crippen LogP contribution in [-0.4, -0.2) is 33.2 Å². The highest BCUT2D eigenvalue weighted by Gasteiger charge is 2.11. The Kier molecular flexibility index (Phi) is 3.41. The van der Waals surface area contributed by atoms with Crippen molar-refractivity contribution in [2.75, 3.05) is 5.75 Å². The van der Waals surface area contributed by atoms with E-state index in [1.807, 2.05) is 0 Å². The molecule has 0 saturated carbocycles. The van der Waals surface area contributed by atoms with Crippen molar-refractivity contribution >= 4 is 21.7 Å². The predicted molar refractivity (Wildman–Crippen MR) is 59.8 cm³/mol. The third-order valence-electron chi connectivity index (χ3n) is 1.97. The van der Waals surface area contributed by atoms with Gasteiger partial charge in [-0.2, -0.15) is 12.8 Å². The van der Waals surface area contributed by atoms with Crippen LogP contribution in [0.4, 0.5) is 0 Å². The van der Waals surface area contributed by atoms with Gasteiger partial charge >= 0.3 is 0 Å². The summed E-state index contributed by atoms with van der Waals surface area (Å²) in [6.45, 7) is 0.101. The number of aryl methyl sites for hydroxylation is 1. The molecule has 0 aliphatic heterocycles. The van der Waals surface area contributed by atoms with Crippen molar-refractivity contribution in [3.8, 4) is 11.4 Å². The van der Waals surface area contributed by atoms with Gasteiger partial charge in [-0.05, 0) is 16.6 Å². The third kappa shape index (κ3) is 3.51. The molecule has 7 nitrogen and oxygen atoms in total. The maximum atomic E-state index is 10.6. The van der Waals surface area contributed by atoms with E-state index in [0.717, 1.165) is 5.56 Å². The van der Waals surface area contributed by atoms with Gasteiger partial charge in [0.05, 0.1) is 5.56 Å². The van der Waals surface area contributed by atoms with Gasteiger partial charge in [-0.15, -0.1) is 0 Å². The predicted octanol–water partition coefficient (Wildman–Crippen LogP) is -0.225. The summed E-state index contributed by atoms with van der Waals surface area (Å²) in [5, 5.41) is 4.00. The molecule has 0 radical (unpaired) electrons. The van der Waals surface area contributed by atoms with E-state index < -0.39 is 10.1 Å². The lowest BCUT2D eigenvalue weighted by molar-refractivity contribution is -0.750. The monoisotopic (exact) mass is 273 g/mol. The number of hydrogen-bond donors (Lipinski definition) is 1. The molecule has 2 aromatic rings. The van der Waals surface area contributed by atoms with Gasteiger partial charge in [-0.3, -0.25) is 4.55 Å². The van der Waals surface area contributed by atoms with Crippen LogP contribution in [0.5, 0.6) is 0 Å². The van der Waals surface area contributed by atoms with Crippen molar-refractivity contribution in [1.29, 1.82) is 0 Å². The highest BCUT2D eigenvalue weighted by atomic mass is 32.2. The van der Waals surface area contributed by atoms with E-state index >= 15 is 0 Å². The molecule has 0 spiro atoms. The molecule has 2 aromatic heterocycles. The molecule has 0 unspecified atom stereocenters. The summed E-state index contributed by atoms with van der Waals surface area (Å²) in [5.74, 6) is 0.225. The second-order valence-corrected chi connectivity index (χ2v) is 5.40. The molecule has 2 heterocycles. The maximum absolute atomic E-state index is 10.6. The molecular weight excluding hydrogens is 264 g/mol. The molecule has 0 amide bonds. The first kappa shape index (κ1) is 12.0. The van der Waals surface area contributed by atoms with Gasteiger partial charge in [0.15, 0.2) is 18.6 Å². The van der Waals surface area contributed by atoms with Gasteiger partial charge in [0.1, 0.15) is 17.5 Å². The van der Waals surface area contributed by atoms with Gasteiger partial charge < -0.3 is 0 Å². The molecule has 9 heteroatoms. The van der Waals surface area contributed by atoms with E-state index in [2.05, 4.69) is 14.5 Å². The molecule has 0 aliphatic carbocycles. The lowest BCUT2D eigenvalue weighted by atomic mass is 10.3. The van der Waals surface area contributed by atoms with Gasteiger partial charge in [0, 0.05) is 6.07 Å². The molecule has 17 heavy (non-hydrogen) atoms. The standard InChI is InChI=1S/C8H8N4O3S2/c13-17(14,15)4-3-12-2-1-7(5-10-12)8-9-6-16-11-8/h1-2,5-6H,3-4H2/p+1. The lowest BCUT2D eigenvalue weighted by Gasteiger charge is -1.94. The van der Waals surface area contributed by atoms with Gasteiger partial charge in [-0.1, -0.05) is 4.68 Å².